The van der Waals surface area contributed by atoms with Gasteiger partial charge in [0.05, 0.1) is 5.52 Å². The largest absolute Gasteiger partial charge is 0.373 e. The highest BCUT2D eigenvalue weighted by atomic mass is 16.1. The number of aromatic nitrogens is 2. The lowest BCUT2D eigenvalue weighted by Gasteiger charge is -2.11. The Morgan fingerprint density at radius 1 is 1.20 bits per heavy atom. The third kappa shape index (κ3) is 2.28. The van der Waals surface area contributed by atoms with Crippen LogP contribution in [0.15, 0.2) is 59.7 Å². The van der Waals surface area contributed by atoms with Crippen molar-refractivity contribution < 1.29 is 0 Å². The number of fused-ring (bicyclic) bond motifs is 1. The van der Waals surface area contributed by atoms with E-state index in [0.29, 0.717) is 6.54 Å². The summed E-state index contributed by atoms with van der Waals surface area (Å²) < 4.78 is 2.07. The van der Waals surface area contributed by atoms with Gasteiger partial charge in [-0.15, -0.1) is 0 Å². The van der Waals surface area contributed by atoms with Gasteiger partial charge in [0.1, 0.15) is 5.82 Å². The number of hydrogen-bond donors (Lipinski definition) is 1. The van der Waals surface area contributed by atoms with Crippen LogP contribution in [0.4, 0.5) is 5.82 Å². The average molecular weight is 265 g/mol. The number of pyridine rings is 2. The van der Waals surface area contributed by atoms with Crippen molar-refractivity contribution in [2.24, 2.45) is 0 Å². The van der Waals surface area contributed by atoms with Gasteiger partial charge in [0.15, 0.2) is 5.43 Å². The fourth-order valence-corrected chi connectivity index (χ4v) is 2.30. The van der Waals surface area contributed by atoms with Crippen LogP contribution in [0.5, 0.6) is 0 Å². The molecular formula is C16H15N3O. The van der Waals surface area contributed by atoms with E-state index >= 15 is 0 Å². The van der Waals surface area contributed by atoms with Crippen molar-refractivity contribution in [2.45, 2.75) is 6.54 Å². The van der Waals surface area contributed by atoms with E-state index in [9.17, 15) is 4.79 Å². The molecule has 0 saturated carbocycles. The van der Waals surface area contributed by atoms with E-state index < -0.39 is 0 Å². The van der Waals surface area contributed by atoms with Gasteiger partial charge in [-0.3, -0.25) is 4.79 Å². The summed E-state index contributed by atoms with van der Waals surface area (Å²) in [5.74, 6) is 0.841. The molecule has 100 valence electrons. The molecule has 3 aromatic rings. The Hall–Kier alpha value is -2.62. The van der Waals surface area contributed by atoms with Gasteiger partial charge in [-0.1, -0.05) is 12.1 Å². The molecule has 0 aliphatic rings. The third-order valence-corrected chi connectivity index (χ3v) is 3.32. The van der Waals surface area contributed by atoms with Crippen molar-refractivity contribution >= 4 is 16.7 Å². The van der Waals surface area contributed by atoms with Gasteiger partial charge in [-0.25, -0.2) is 4.98 Å². The SMILES string of the molecule is CNc1cc(Cn2ccc(=O)c3ccccc32)ccn1. The van der Waals surface area contributed by atoms with E-state index in [1.165, 1.54) is 0 Å². The summed E-state index contributed by atoms with van der Waals surface area (Å²) >= 11 is 0. The minimum Gasteiger partial charge on any atom is -0.373 e. The fourth-order valence-electron chi connectivity index (χ4n) is 2.30. The van der Waals surface area contributed by atoms with Gasteiger partial charge in [-0.2, -0.15) is 0 Å². The van der Waals surface area contributed by atoms with Crippen LogP contribution >= 0.6 is 0 Å². The van der Waals surface area contributed by atoms with Crippen LogP contribution in [0, 0.1) is 0 Å². The van der Waals surface area contributed by atoms with Gasteiger partial charge < -0.3 is 9.88 Å². The first-order chi connectivity index (χ1) is 9.78. The first kappa shape index (κ1) is 12.4. The smallest absolute Gasteiger partial charge is 0.189 e. The molecule has 20 heavy (non-hydrogen) atoms. The quantitative estimate of drug-likeness (QED) is 0.791. The molecule has 0 unspecified atom stereocenters. The molecule has 0 bridgehead atoms. The van der Waals surface area contributed by atoms with Gasteiger partial charge in [0.2, 0.25) is 0 Å². The molecule has 4 heteroatoms. The molecule has 0 saturated heterocycles. The second-order valence-electron chi connectivity index (χ2n) is 4.62. The molecule has 0 atom stereocenters. The molecule has 1 aromatic carbocycles. The molecule has 0 amide bonds. The molecule has 3 rings (SSSR count). The molecular weight excluding hydrogens is 250 g/mol. The maximum Gasteiger partial charge on any atom is 0.189 e. The van der Waals surface area contributed by atoms with Crippen molar-refractivity contribution in [3.63, 3.8) is 0 Å². The van der Waals surface area contributed by atoms with E-state index in [-0.39, 0.29) is 5.43 Å². The maximum atomic E-state index is 11.9. The van der Waals surface area contributed by atoms with E-state index in [1.54, 1.807) is 12.3 Å². The van der Waals surface area contributed by atoms with Crippen LogP contribution in [0.3, 0.4) is 0 Å². The molecule has 2 aromatic heterocycles. The summed E-state index contributed by atoms with van der Waals surface area (Å²) in [5.41, 5.74) is 2.14. The van der Waals surface area contributed by atoms with Crippen LogP contribution in [-0.2, 0) is 6.54 Å². The van der Waals surface area contributed by atoms with E-state index in [1.807, 2.05) is 49.6 Å². The number of rotatable bonds is 3. The highest BCUT2D eigenvalue weighted by Gasteiger charge is 2.03. The first-order valence-electron chi connectivity index (χ1n) is 6.49. The van der Waals surface area contributed by atoms with Crippen molar-refractivity contribution in [1.82, 2.24) is 9.55 Å². The first-order valence-corrected chi connectivity index (χ1v) is 6.49. The molecule has 2 heterocycles. The van der Waals surface area contributed by atoms with Crippen LogP contribution in [0.25, 0.3) is 10.9 Å². The van der Waals surface area contributed by atoms with Crippen LogP contribution in [-0.4, -0.2) is 16.6 Å². The normalized spacial score (nSPS) is 10.7. The monoisotopic (exact) mass is 265 g/mol. The predicted octanol–water partition coefficient (Wildman–Crippen LogP) is 2.49. The van der Waals surface area contributed by atoms with Crippen molar-refractivity contribution in [3.05, 3.63) is 70.6 Å². The lowest BCUT2D eigenvalue weighted by Crippen LogP contribution is -2.09. The van der Waals surface area contributed by atoms with Gasteiger partial charge >= 0.3 is 0 Å². The zero-order chi connectivity index (χ0) is 13.9. The molecule has 0 spiro atoms. The molecule has 0 fully saturated rings. The maximum absolute atomic E-state index is 11.9. The Morgan fingerprint density at radius 2 is 2.05 bits per heavy atom. The predicted molar refractivity (Wildman–Crippen MR) is 81.1 cm³/mol. The minimum absolute atomic E-state index is 0.0579. The van der Waals surface area contributed by atoms with Crippen molar-refractivity contribution in [2.75, 3.05) is 12.4 Å². The highest BCUT2D eigenvalue weighted by Crippen LogP contribution is 2.13. The third-order valence-electron chi connectivity index (χ3n) is 3.32. The lowest BCUT2D eigenvalue weighted by molar-refractivity contribution is 0.824. The summed E-state index contributed by atoms with van der Waals surface area (Å²) in [6.07, 6.45) is 3.62. The number of hydrogen-bond acceptors (Lipinski definition) is 3. The highest BCUT2D eigenvalue weighted by molar-refractivity contribution is 5.78. The van der Waals surface area contributed by atoms with E-state index in [0.717, 1.165) is 22.3 Å². The Labute approximate surface area is 116 Å². The lowest BCUT2D eigenvalue weighted by atomic mass is 10.2. The Morgan fingerprint density at radius 3 is 2.90 bits per heavy atom. The van der Waals surface area contributed by atoms with Gasteiger partial charge in [0.25, 0.3) is 0 Å². The van der Waals surface area contributed by atoms with Gasteiger partial charge in [0, 0.05) is 37.4 Å². The minimum atomic E-state index is 0.0579. The molecule has 0 radical (unpaired) electrons. The number of para-hydroxylation sites is 1. The number of anilines is 1. The van der Waals surface area contributed by atoms with Gasteiger partial charge in [-0.05, 0) is 29.8 Å². The number of benzene rings is 1. The van der Waals surface area contributed by atoms with Crippen molar-refractivity contribution in [3.8, 4) is 0 Å². The summed E-state index contributed by atoms with van der Waals surface area (Å²) in [6.45, 7) is 0.706. The Balaban J connectivity index is 2.07. The van der Waals surface area contributed by atoms with E-state index in [4.69, 9.17) is 0 Å². The number of nitrogens with one attached hydrogen (secondary N) is 1. The van der Waals surface area contributed by atoms with Crippen LogP contribution in [0.1, 0.15) is 5.56 Å². The number of nitrogens with zero attached hydrogens (tertiary/aromatic N) is 2. The summed E-state index contributed by atoms with van der Waals surface area (Å²) in [7, 11) is 1.85. The summed E-state index contributed by atoms with van der Waals surface area (Å²) in [6, 6.07) is 13.3. The summed E-state index contributed by atoms with van der Waals surface area (Å²) in [5, 5.41) is 3.78. The molecule has 1 N–H and O–H groups in total. The van der Waals surface area contributed by atoms with Crippen LogP contribution in [0.2, 0.25) is 0 Å². The molecule has 4 nitrogen and oxygen atoms in total. The topological polar surface area (TPSA) is 46.9 Å². The fraction of sp³-hybridized carbons (Fsp3) is 0.125. The summed E-state index contributed by atoms with van der Waals surface area (Å²) in [4.78, 5) is 16.1. The zero-order valence-electron chi connectivity index (χ0n) is 11.2. The molecule has 0 aliphatic heterocycles. The van der Waals surface area contributed by atoms with Crippen LogP contribution < -0.4 is 10.7 Å². The second kappa shape index (κ2) is 5.17. The Kier molecular flexibility index (Phi) is 3.21. The second-order valence-corrected chi connectivity index (χ2v) is 4.62. The standard InChI is InChI=1S/C16H15N3O/c1-17-16-10-12(6-8-18-16)11-19-9-7-15(20)13-4-2-3-5-14(13)19/h2-10H,11H2,1H3,(H,17,18). The van der Waals surface area contributed by atoms with E-state index in [2.05, 4.69) is 14.9 Å². The Bertz CT molecular complexity index is 808. The molecule has 0 aliphatic carbocycles. The average Bonchev–Trinajstić information content (AvgIpc) is 2.51. The zero-order valence-corrected chi connectivity index (χ0v) is 11.2. The van der Waals surface area contributed by atoms with Crippen molar-refractivity contribution in [1.29, 1.82) is 0 Å².